The summed E-state index contributed by atoms with van der Waals surface area (Å²) in [4.78, 5) is 0. The van der Waals surface area contributed by atoms with Gasteiger partial charge in [0.2, 0.25) is 0 Å². The van der Waals surface area contributed by atoms with E-state index in [1.54, 1.807) is 0 Å². The third-order valence-corrected chi connectivity index (χ3v) is 3.01. The van der Waals surface area contributed by atoms with Crippen molar-refractivity contribution in [2.24, 2.45) is 5.92 Å². The molecule has 0 saturated heterocycles. The Morgan fingerprint density at radius 3 is 3.10 bits per heavy atom. The molecular weight excluding hydrogens is 124 g/mol. The van der Waals surface area contributed by atoms with Crippen molar-refractivity contribution in [3.63, 3.8) is 0 Å². The van der Waals surface area contributed by atoms with Crippen molar-refractivity contribution in [3.05, 3.63) is 0 Å². The van der Waals surface area contributed by atoms with Gasteiger partial charge in [-0.3, -0.25) is 0 Å². The van der Waals surface area contributed by atoms with E-state index in [9.17, 15) is 0 Å². The molecule has 0 heterocycles. The molecule has 0 aliphatic heterocycles. The summed E-state index contributed by atoms with van der Waals surface area (Å²) in [7, 11) is 0. The minimum Gasteiger partial charge on any atom is -0.375 e. The number of ether oxygens (including phenoxy) is 1. The molecule has 1 nitrogen and oxygen atoms in total. The summed E-state index contributed by atoms with van der Waals surface area (Å²) < 4.78 is 5.74. The smallest absolute Gasteiger partial charge is 0.0715 e. The third kappa shape index (κ3) is 0.878. The van der Waals surface area contributed by atoms with Gasteiger partial charge in [-0.2, -0.15) is 0 Å². The number of fused-ring (bicyclic) bond motifs is 1. The molecular formula is C9H16O. The Kier molecular flexibility index (Phi) is 1.48. The fourth-order valence-corrected chi connectivity index (χ4v) is 2.38. The fourth-order valence-electron chi connectivity index (χ4n) is 2.38. The first-order chi connectivity index (χ1) is 4.87. The van der Waals surface area contributed by atoms with E-state index in [-0.39, 0.29) is 0 Å². The molecule has 0 bridgehead atoms. The van der Waals surface area contributed by atoms with Crippen LogP contribution in [-0.2, 0) is 4.74 Å². The van der Waals surface area contributed by atoms with Crippen LogP contribution in [0.25, 0.3) is 0 Å². The van der Waals surface area contributed by atoms with Crippen LogP contribution < -0.4 is 0 Å². The van der Waals surface area contributed by atoms with E-state index in [0.29, 0.717) is 5.60 Å². The maximum atomic E-state index is 5.74. The van der Waals surface area contributed by atoms with Crippen molar-refractivity contribution in [2.75, 3.05) is 6.61 Å². The van der Waals surface area contributed by atoms with E-state index in [4.69, 9.17) is 4.74 Å². The van der Waals surface area contributed by atoms with Crippen LogP contribution >= 0.6 is 0 Å². The molecule has 2 fully saturated rings. The predicted molar refractivity (Wildman–Crippen MR) is 40.9 cm³/mol. The van der Waals surface area contributed by atoms with Gasteiger partial charge in [0.1, 0.15) is 0 Å². The summed E-state index contributed by atoms with van der Waals surface area (Å²) in [6.45, 7) is 3.02. The van der Waals surface area contributed by atoms with Gasteiger partial charge in [-0.15, -0.1) is 0 Å². The molecule has 2 unspecified atom stereocenters. The Labute approximate surface area is 62.8 Å². The lowest BCUT2D eigenvalue weighted by molar-refractivity contribution is 0.0113. The summed E-state index contributed by atoms with van der Waals surface area (Å²) in [5.74, 6) is 0.946. The summed E-state index contributed by atoms with van der Waals surface area (Å²) in [6, 6.07) is 0. The van der Waals surface area contributed by atoms with Crippen molar-refractivity contribution >= 4 is 0 Å². The second-order valence-corrected chi connectivity index (χ2v) is 3.64. The Hall–Kier alpha value is -0.0400. The molecule has 0 N–H and O–H groups in total. The zero-order chi connectivity index (χ0) is 7.03. The van der Waals surface area contributed by atoms with Crippen molar-refractivity contribution in [1.82, 2.24) is 0 Å². The predicted octanol–water partition coefficient (Wildman–Crippen LogP) is 2.36. The molecule has 0 spiro atoms. The van der Waals surface area contributed by atoms with Crippen molar-refractivity contribution < 1.29 is 4.74 Å². The molecule has 1 heteroatoms. The van der Waals surface area contributed by atoms with Crippen LogP contribution in [0.5, 0.6) is 0 Å². The highest BCUT2D eigenvalue weighted by atomic mass is 16.5. The van der Waals surface area contributed by atoms with Crippen LogP contribution in [0.3, 0.4) is 0 Å². The lowest BCUT2D eigenvalue weighted by Gasteiger charge is -2.21. The largest absolute Gasteiger partial charge is 0.375 e. The van der Waals surface area contributed by atoms with Gasteiger partial charge in [-0.1, -0.05) is 12.8 Å². The van der Waals surface area contributed by atoms with Gasteiger partial charge < -0.3 is 4.74 Å². The van der Waals surface area contributed by atoms with Gasteiger partial charge >= 0.3 is 0 Å². The van der Waals surface area contributed by atoms with E-state index in [2.05, 4.69) is 6.92 Å². The number of hydrogen-bond acceptors (Lipinski definition) is 1. The molecule has 0 aromatic rings. The normalized spacial score (nSPS) is 44.7. The van der Waals surface area contributed by atoms with Crippen LogP contribution in [0.15, 0.2) is 0 Å². The lowest BCUT2D eigenvalue weighted by atomic mass is 9.98. The molecule has 2 aliphatic carbocycles. The molecule has 2 saturated carbocycles. The Morgan fingerprint density at radius 1 is 1.50 bits per heavy atom. The van der Waals surface area contributed by atoms with E-state index in [1.807, 2.05) is 0 Å². The highest BCUT2D eigenvalue weighted by molar-refractivity contribution is 5.06. The maximum Gasteiger partial charge on any atom is 0.0715 e. The SMILES string of the molecule is CCOC12CCCCC1C2. The molecule has 58 valence electrons. The summed E-state index contributed by atoms with van der Waals surface area (Å²) in [6.07, 6.45) is 6.97. The van der Waals surface area contributed by atoms with Crippen molar-refractivity contribution in [2.45, 2.75) is 44.6 Å². The van der Waals surface area contributed by atoms with Crippen LogP contribution in [-0.4, -0.2) is 12.2 Å². The fraction of sp³-hybridized carbons (Fsp3) is 1.00. The quantitative estimate of drug-likeness (QED) is 0.572. The van der Waals surface area contributed by atoms with Crippen LogP contribution in [0, 0.1) is 5.92 Å². The molecule has 2 atom stereocenters. The van der Waals surface area contributed by atoms with Gasteiger partial charge in [-0.25, -0.2) is 0 Å². The van der Waals surface area contributed by atoms with Crippen molar-refractivity contribution in [1.29, 1.82) is 0 Å². The molecule has 0 radical (unpaired) electrons. The van der Waals surface area contributed by atoms with E-state index in [0.717, 1.165) is 12.5 Å². The number of hydrogen-bond donors (Lipinski definition) is 0. The standard InChI is InChI=1S/C9H16O/c1-2-10-9-6-4-3-5-8(9)7-9/h8H,2-7H2,1H3. The first-order valence-corrected chi connectivity index (χ1v) is 4.51. The van der Waals surface area contributed by atoms with Gasteiger partial charge in [0.15, 0.2) is 0 Å². The van der Waals surface area contributed by atoms with Gasteiger partial charge in [0.05, 0.1) is 5.60 Å². The minimum atomic E-state index is 0.396. The Balaban J connectivity index is 1.92. The van der Waals surface area contributed by atoms with Crippen LogP contribution in [0.2, 0.25) is 0 Å². The van der Waals surface area contributed by atoms with Crippen LogP contribution in [0.1, 0.15) is 39.0 Å². The Morgan fingerprint density at radius 2 is 2.40 bits per heavy atom. The zero-order valence-corrected chi connectivity index (χ0v) is 6.73. The van der Waals surface area contributed by atoms with E-state index >= 15 is 0 Å². The minimum absolute atomic E-state index is 0.396. The zero-order valence-electron chi connectivity index (χ0n) is 6.73. The first kappa shape index (κ1) is 6.66. The molecule has 0 aromatic carbocycles. The Bertz CT molecular complexity index is 129. The highest BCUT2D eigenvalue weighted by Gasteiger charge is 2.55. The molecule has 2 rings (SSSR count). The second-order valence-electron chi connectivity index (χ2n) is 3.64. The molecule has 0 aromatic heterocycles. The first-order valence-electron chi connectivity index (χ1n) is 4.51. The molecule has 2 aliphatic rings. The maximum absolute atomic E-state index is 5.74. The van der Waals surface area contributed by atoms with E-state index < -0.39 is 0 Å². The topological polar surface area (TPSA) is 9.23 Å². The van der Waals surface area contributed by atoms with Gasteiger partial charge in [0.25, 0.3) is 0 Å². The molecule has 10 heavy (non-hydrogen) atoms. The van der Waals surface area contributed by atoms with Crippen molar-refractivity contribution in [3.8, 4) is 0 Å². The summed E-state index contributed by atoms with van der Waals surface area (Å²) in [5.41, 5.74) is 0.396. The number of rotatable bonds is 2. The highest BCUT2D eigenvalue weighted by Crippen LogP contribution is 2.56. The van der Waals surface area contributed by atoms with Gasteiger partial charge in [-0.05, 0) is 32.1 Å². The molecule has 0 amide bonds. The van der Waals surface area contributed by atoms with Gasteiger partial charge in [0, 0.05) is 6.61 Å². The second kappa shape index (κ2) is 2.23. The average molecular weight is 140 g/mol. The summed E-state index contributed by atoms with van der Waals surface area (Å²) >= 11 is 0. The third-order valence-electron chi connectivity index (χ3n) is 3.01. The average Bonchev–Trinajstić information content (AvgIpc) is 2.62. The van der Waals surface area contributed by atoms with E-state index in [1.165, 1.54) is 32.1 Å². The summed E-state index contributed by atoms with van der Waals surface area (Å²) in [5, 5.41) is 0. The lowest BCUT2D eigenvalue weighted by Crippen LogP contribution is -2.20. The monoisotopic (exact) mass is 140 g/mol. The van der Waals surface area contributed by atoms with Crippen LogP contribution in [0.4, 0.5) is 0 Å².